The standard InChI is InChI=1S/C11H8ClNS/c1-2-7-5-10(12)8-3-4-14-11(8)9(7)6-13/h3-5H,2H2,1H3. The van der Waals surface area contributed by atoms with Crippen LogP contribution < -0.4 is 0 Å². The van der Waals surface area contributed by atoms with Crippen LogP contribution in [0.15, 0.2) is 17.5 Å². The van der Waals surface area contributed by atoms with Gasteiger partial charge in [-0.1, -0.05) is 18.5 Å². The molecule has 0 spiro atoms. The third kappa shape index (κ3) is 1.30. The fraction of sp³-hybridized carbons (Fsp3) is 0.182. The van der Waals surface area contributed by atoms with Crippen molar-refractivity contribution in [2.45, 2.75) is 13.3 Å². The maximum absolute atomic E-state index is 9.07. The zero-order valence-electron chi connectivity index (χ0n) is 7.67. The zero-order chi connectivity index (χ0) is 10.1. The molecule has 0 fully saturated rings. The van der Waals surface area contributed by atoms with E-state index in [0.29, 0.717) is 0 Å². The van der Waals surface area contributed by atoms with Gasteiger partial charge in [0.1, 0.15) is 6.07 Å². The minimum absolute atomic E-state index is 0.747. The highest BCUT2D eigenvalue weighted by Crippen LogP contribution is 2.33. The van der Waals surface area contributed by atoms with Crippen molar-refractivity contribution in [3.05, 3.63) is 33.7 Å². The minimum atomic E-state index is 0.747. The molecule has 0 aliphatic heterocycles. The van der Waals surface area contributed by atoms with Crippen LogP contribution in [-0.4, -0.2) is 0 Å². The molecule has 0 amide bonds. The molecule has 1 nitrogen and oxygen atoms in total. The van der Waals surface area contributed by atoms with E-state index in [9.17, 15) is 0 Å². The number of aryl methyl sites for hydroxylation is 1. The van der Waals surface area contributed by atoms with Crippen molar-refractivity contribution in [3.8, 4) is 6.07 Å². The molecule has 1 heterocycles. The molecule has 2 rings (SSSR count). The number of hydrogen-bond acceptors (Lipinski definition) is 2. The Labute approximate surface area is 91.5 Å². The Balaban J connectivity index is 2.91. The summed E-state index contributed by atoms with van der Waals surface area (Å²) in [5.74, 6) is 0. The number of hydrogen-bond donors (Lipinski definition) is 0. The highest BCUT2D eigenvalue weighted by molar-refractivity contribution is 7.17. The van der Waals surface area contributed by atoms with Gasteiger partial charge in [0.15, 0.2) is 0 Å². The lowest BCUT2D eigenvalue weighted by molar-refractivity contribution is 1.14. The molecule has 1 aromatic heterocycles. The summed E-state index contributed by atoms with van der Waals surface area (Å²) in [5, 5.41) is 12.8. The van der Waals surface area contributed by atoms with Gasteiger partial charge in [0.2, 0.25) is 0 Å². The van der Waals surface area contributed by atoms with Crippen LogP contribution in [0.1, 0.15) is 18.1 Å². The average Bonchev–Trinajstić information content (AvgIpc) is 2.66. The first-order valence-corrected chi connectivity index (χ1v) is 5.62. The minimum Gasteiger partial charge on any atom is -0.192 e. The number of halogens is 1. The summed E-state index contributed by atoms with van der Waals surface area (Å²) in [6.45, 7) is 2.03. The largest absolute Gasteiger partial charge is 0.192 e. The molecule has 1 aromatic carbocycles. The molecule has 3 heteroatoms. The SMILES string of the molecule is CCc1cc(Cl)c2ccsc2c1C#N. The van der Waals surface area contributed by atoms with Crippen molar-refractivity contribution in [2.24, 2.45) is 0 Å². The molecule has 0 unspecified atom stereocenters. The molecule has 0 saturated carbocycles. The fourth-order valence-electron chi connectivity index (χ4n) is 1.54. The highest BCUT2D eigenvalue weighted by atomic mass is 35.5. The van der Waals surface area contributed by atoms with Gasteiger partial charge in [-0.2, -0.15) is 5.26 Å². The molecule has 14 heavy (non-hydrogen) atoms. The second-order valence-electron chi connectivity index (χ2n) is 3.02. The summed E-state index contributed by atoms with van der Waals surface area (Å²) >= 11 is 7.68. The summed E-state index contributed by atoms with van der Waals surface area (Å²) in [4.78, 5) is 0. The second kappa shape index (κ2) is 3.61. The Morgan fingerprint density at radius 3 is 3.00 bits per heavy atom. The van der Waals surface area contributed by atoms with E-state index in [1.807, 2.05) is 24.4 Å². The number of nitrogens with zero attached hydrogens (tertiary/aromatic N) is 1. The van der Waals surface area contributed by atoms with Gasteiger partial charge in [0, 0.05) is 10.4 Å². The zero-order valence-corrected chi connectivity index (χ0v) is 9.25. The summed E-state index contributed by atoms with van der Waals surface area (Å²) < 4.78 is 1.01. The van der Waals surface area contributed by atoms with Crippen molar-refractivity contribution < 1.29 is 0 Å². The third-order valence-corrected chi connectivity index (χ3v) is 3.51. The van der Waals surface area contributed by atoms with Crippen LogP contribution in [0.3, 0.4) is 0 Å². The molecule has 0 aliphatic carbocycles. The van der Waals surface area contributed by atoms with E-state index in [1.165, 1.54) is 0 Å². The van der Waals surface area contributed by atoms with E-state index in [1.54, 1.807) is 11.3 Å². The lowest BCUT2D eigenvalue weighted by Crippen LogP contribution is -1.87. The lowest BCUT2D eigenvalue weighted by atomic mass is 10.0. The van der Waals surface area contributed by atoms with Gasteiger partial charge in [-0.25, -0.2) is 0 Å². The first kappa shape index (κ1) is 9.51. The van der Waals surface area contributed by atoms with Crippen LogP contribution in [0.4, 0.5) is 0 Å². The van der Waals surface area contributed by atoms with Gasteiger partial charge < -0.3 is 0 Å². The van der Waals surface area contributed by atoms with E-state index >= 15 is 0 Å². The quantitative estimate of drug-likeness (QED) is 0.715. The van der Waals surface area contributed by atoms with E-state index < -0.39 is 0 Å². The Morgan fingerprint density at radius 1 is 1.57 bits per heavy atom. The van der Waals surface area contributed by atoms with E-state index in [0.717, 1.165) is 32.7 Å². The maximum Gasteiger partial charge on any atom is 0.101 e. The summed E-state index contributed by atoms with van der Waals surface area (Å²) in [6, 6.07) is 6.11. The molecule has 0 saturated heterocycles. The number of nitriles is 1. The normalized spacial score (nSPS) is 10.4. The molecule has 0 bridgehead atoms. The summed E-state index contributed by atoms with van der Waals surface area (Å²) in [5.41, 5.74) is 1.81. The van der Waals surface area contributed by atoms with Crippen molar-refractivity contribution in [1.29, 1.82) is 5.26 Å². The highest BCUT2D eigenvalue weighted by Gasteiger charge is 2.10. The fourth-order valence-corrected chi connectivity index (χ4v) is 2.83. The van der Waals surface area contributed by atoms with Gasteiger partial charge in [0.25, 0.3) is 0 Å². The molecule has 2 aromatic rings. The van der Waals surface area contributed by atoms with Crippen LogP contribution in [-0.2, 0) is 6.42 Å². The Bertz CT molecular complexity index is 522. The number of thiophene rings is 1. The smallest absolute Gasteiger partial charge is 0.101 e. The van der Waals surface area contributed by atoms with Crippen molar-refractivity contribution in [2.75, 3.05) is 0 Å². The van der Waals surface area contributed by atoms with Crippen molar-refractivity contribution in [1.82, 2.24) is 0 Å². The molecule has 70 valence electrons. The summed E-state index contributed by atoms with van der Waals surface area (Å²) in [6.07, 6.45) is 0.844. The van der Waals surface area contributed by atoms with Crippen LogP contribution >= 0.6 is 22.9 Å². The predicted molar refractivity (Wildman–Crippen MR) is 60.9 cm³/mol. The van der Waals surface area contributed by atoms with E-state index in [2.05, 4.69) is 6.07 Å². The van der Waals surface area contributed by atoms with Gasteiger partial charge in [0.05, 0.1) is 10.3 Å². The molecule has 0 N–H and O–H groups in total. The second-order valence-corrected chi connectivity index (χ2v) is 4.34. The van der Waals surface area contributed by atoms with Gasteiger partial charge in [-0.05, 0) is 29.5 Å². The first-order chi connectivity index (χ1) is 6.77. The van der Waals surface area contributed by atoms with Gasteiger partial charge in [-0.15, -0.1) is 11.3 Å². The molecule has 0 aliphatic rings. The van der Waals surface area contributed by atoms with Crippen molar-refractivity contribution in [3.63, 3.8) is 0 Å². The average molecular weight is 222 g/mol. The van der Waals surface area contributed by atoms with Gasteiger partial charge >= 0.3 is 0 Å². The molecule has 0 atom stereocenters. The van der Waals surface area contributed by atoms with Crippen LogP contribution in [0, 0.1) is 11.3 Å². The van der Waals surface area contributed by atoms with E-state index in [-0.39, 0.29) is 0 Å². The number of rotatable bonds is 1. The third-order valence-electron chi connectivity index (χ3n) is 2.26. The number of fused-ring (bicyclic) bond motifs is 1. The lowest BCUT2D eigenvalue weighted by Gasteiger charge is -2.03. The van der Waals surface area contributed by atoms with Crippen LogP contribution in [0.5, 0.6) is 0 Å². The molecular formula is C11H8ClNS. The molecule has 0 radical (unpaired) electrons. The molecular weight excluding hydrogens is 214 g/mol. The van der Waals surface area contributed by atoms with Crippen molar-refractivity contribution >= 4 is 33.0 Å². The number of benzene rings is 1. The Morgan fingerprint density at radius 2 is 2.36 bits per heavy atom. The summed E-state index contributed by atoms with van der Waals surface area (Å²) in [7, 11) is 0. The first-order valence-electron chi connectivity index (χ1n) is 4.36. The predicted octanol–water partition coefficient (Wildman–Crippen LogP) is 3.99. The Hall–Kier alpha value is -1.04. The van der Waals surface area contributed by atoms with E-state index in [4.69, 9.17) is 16.9 Å². The van der Waals surface area contributed by atoms with Crippen LogP contribution in [0.2, 0.25) is 5.02 Å². The van der Waals surface area contributed by atoms with Gasteiger partial charge in [-0.3, -0.25) is 0 Å². The Kier molecular flexibility index (Phi) is 2.45. The monoisotopic (exact) mass is 221 g/mol. The maximum atomic E-state index is 9.07. The van der Waals surface area contributed by atoms with Crippen LogP contribution in [0.25, 0.3) is 10.1 Å². The topological polar surface area (TPSA) is 23.8 Å².